The van der Waals surface area contributed by atoms with Crippen molar-refractivity contribution in [1.82, 2.24) is 19.7 Å². The molecule has 0 radical (unpaired) electrons. The van der Waals surface area contributed by atoms with E-state index in [2.05, 4.69) is 15.1 Å². The maximum atomic E-state index is 11.0. The third kappa shape index (κ3) is 1.91. The number of aryl methyl sites for hydroxylation is 1. The van der Waals surface area contributed by atoms with Crippen LogP contribution >= 0.6 is 0 Å². The molecule has 0 spiro atoms. The van der Waals surface area contributed by atoms with Gasteiger partial charge >= 0.3 is 5.97 Å². The zero-order valence-electron chi connectivity index (χ0n) is 9.54. The molecule has 0 aliphatic heterocycles. The van der Waals surface area contributed by atoms with E-state index in [4.69, 9.17) is 9.84 Å². The molecule has 0 aliphatic carbocycles. The number of fused-ring (bicyclic) bond motifs is 1. The van der Waals surface area contributed by atoms with E-state index in [0.717, 1.165) is 0 Å². The first-order valence-electron chi connectivity index (χ1n) is 5.27. The fourth-order valence-electron chi connectivity index (χ4n) is 1.49. The summed E-state index contributed by atoms with van der Waals surface area (Å²) in [7, 11) is 0. The van der Waals surface area contributed by atoms with Gasteiger partial charge < -0.3 is 9.84 Å². The highest BCUT2D eigenvalue weighted by Crippen LogP contribution is 2.18. The van der Waals surface area contributed by atoms with Gasteiger partial charge in [-0.15, -0.1) is 0 Å². The van der Waals surface area contributed by atoms with Gasteiger partial charge in [0.05, 0.1) is 12.8 Å². The molecule has 1 N–H and O–H groups in total. The molecule has 90 valence electrons. The van der Waals surface area contributed by atoms with Gasteiger partial charge in [-0.3, -0.25) is 0 Å². The van der Waals surface area contributed by atoms with Crippen molar-refractivity contribution in [3.8, 4) is 5.88 Å². The van der Waals surface area contributed by atoms with E-state index in [1.807, 2.05) is 6.92 Å². The molecule has 0 unspecified atom stereocenters. The monoisotopic (exact) mass is 236 g/mol. The smallest absolute Gasteiger partial charge is 0.360 e. The average molecular weight is 236 g/mol. The van der Waals surface area contributed by atoms with E-state index < -0.39 is 5.97 Å². The van der Waals surface area contributed by atoms with E-state index in [-0.39, 0.29) is 11.6 Å². The first-order chi connectivity index (χ1) is 8.17. The largest absolute Gasteiger partial charge is 0.476 e. The van der Waals surface area contributed by atoms with Crippen LogP contribution in [0.5, 0.6) is 5.88 Å². The zero-order chi connectivity index (χ0) is 12.4. The molecule has 0 saturated carbocycles. The van der Waals surface area contributed by atoms with E-state index in [1.165, 1.54) is 6.20 Å². The number of hydrogen-bond donors (Lipinski definition) is 1. The molecule has 0 aromatic carbocycles. The van der Waals surface area contributed by atoms with Gasteiger partial charge in [0.1, 0.15) is 5.52 Å². The Morgan fingerprint density at radius 3 is 2.82 bits per heavy atom. The Kier molecular flexibility index (Phi) is 2.90. The lowest BCUT2D eigenvalue weighted by atomic mass is 10.4. The van der Waals surface area contributed by atoms with Crippen LogP contribution in [0.1, 0.15) is 24.3 Å². The fourth-order valence-corrected chi connectivity index (χ4v) is 1.49. The molecule has 7 heteroatoms. The van der Waals surface area contributed by atoms with Crippen LogP contribution in [0.3, 0.4) is 0 Å². The van der Waals surface area contributed by atoms with Crippen LogP contribution in [0.15, 0.2) is 6.20 Å². The minimum Gasteiger partial charge on any atom is -0.476 e. The lowest BCUT2D eigenvalue weighted by Gasteiger charge is -2.05. The molecular weight excluding hydrogens is 224 g/mol. The van der Waals surface area contributed by atoms with Crippen molar-refractivity contribution >= 4 is 17.1 Å². The van der Waals surface area contributed by atoms with Crippen LogP contribution in [0.2, 0.25) is 0 Å². The molecule has 2 heterocycles. The van der Waals surface area contributed by atoms with Gasteiger partial charge in [0.15, 0.2) is 5.65 Å². The normalized spacial score (nSPS) is 10.7. The highest BCUT2D eigenvalue weighted by Gasteiger charge is 2.18. The van der Waals surface area contributed by atoms with Gasteiger partial charge in [0, 0.05) is 6.54 Å². The first-order valence-corrected chi connectivity index (χ1v) is 5.27. The van der Waals surface area contributed by atoms with Gasteiger partial charge in [-0.05, 0) is 13.8 Å². The van der Waals surface area contributed by atoms with E-state index in [0.29, 0.717) is 24.3 Å². The lowest BCUT2D eigenvalue weighted by Crippen LogP contribution is -2.09. The maximum absolute atomic E-state index is 11.0. The quantitative estimate of drug-likeness (QED) is 0.849. The number of carbonyl (C=O) groups is 1. The summed E-state index contributed by atoms with van der Waals surface area (Å²) in [5.74, 6) is -1.13. The van der Waals surface area contributed by atoms with Crippen LogP contribution in [-0.2, 0) is 6.54 Å². The number of carboxylic acid groups (broad SMARTS) is 1. The van der Waals surface area contributed by atoms with Crippen molar-refractivity contribution in [2.75, 3.05) is 6.61 Å². The topological polar surface area (TPSA) is 90.1 Å². The standard InChI is InChI=1S/C10H12N4O3/c1-3-14-8-6(5-11-14)12-7(10(15)16)9(13-8)17-4-2/h5H,3-4H2,1-2H3,(H,15,16). The fraction of sp³-hybridized carbons (Fsp3) is 0.400. The highest BCUT2D eigenvalue weighted by atomic mass is 16.5. The third-order valence-electron chi connectivity index (χ3n) is 2.22. The van der Waals surface area contributed by atoms with Crippen molar-refractivity contribution in [3.63, 3.8) is 0 Å². The Morgan fingerprint density at radius 1 is 1.47 bits per heavy atom. The molecule has 2 rings (SSSR count). The Balaban J connectivity index is 2.65. The van der Waals surface area contributed by atoms with Gasteiger partial charge in [-0.25, -0.2) is 14.5 Å². The number of aromatic nitrogens is 4. The second-order valence-electron chi connectivity index (χ2n) is 3.28. The molecule has 2 aromatic rings. The summed E-state index contributed by atoms with van der Waals surface area (Å²) in [4.78, 5) is 19.2. The molecule has 0 bridgehead atoms. The number of carboxylic acids is 1. The van der Waals surface area contributed by atoms with Crippen molar-refractivity contribution in [2.24, 2.45) is 0 Å². The number of hydrogen-bond acceptors (Lipinski definition) is 5. The third-order valence-corrected chi connectivity index (χ3v) is 2.22. The number of rotatable bonds is 4. The summed E-state index contributed by atoms with van der Waals surface area (Å²) in [5.41, 5.74) is 0.795. The van der Waals surface area contributed by atoms with E-state index in [9.17, 15) is 4.79 Å². The Morgan fingerprint density at radius 2 is 2.24 bits per heavy atom. The van der Waals surface area contributed by atoms with Crippen molar-refractivity contribution in [1.29, 1.82) is 0 Å². The van der Waals surface area contributed by atoms with Crippen LogP contribution in [-0.4, -0.2) is 37.4 Å². The van der Waals surface area contributed by atoms with Crippen molar-refractivity contribution < 1.29 is 14.6 Å². The van der Waals surface area contributed by atoms with Crippen LogP contribution < -0.4 is 4.74 Å². The second kappa shape index (κ2) is 4.36. The molecule has 17 heavy (non-hydrogen) atoms. The lowest BCUT2D eigenvalue weighted by molar-refractivity contribution is 0.0685. The number of nitrogens with zero attached hydrogens (tertiary/aromatic N) is 4. The summed E-state index contributed by atoms with van der Waals surface area (Å²) in [6, 6.07) is 0. The molecule has 2 aromatic heterocycles. The molecule has 0 amide bonds. The van der Waals surface area contributed by atoms with Gasteiger partial charge in [-0.2, -0.15) is 10.1 Å². The summed E-state index contributed by atoms with van der Waals surface area (Å²) >= 11 is 0. The summed E-state index contributed by atoms with van der Waals surface area (Å²) in [6.45, 7) is 4.64. The summed E-state index contributed by atoms with van der Waals surface area (Å²) in [5, 5.41) is 13.1. The molecule has 0 aliphatic rings. The van der Waals surface area contributed by atoms with Gasteiger partial charge in [-0.1, -0.05) is 0 Å². The van der Waals surface area contributed by atoms with E-state index in [1.54, 1.807) is 11.6 Å². The first kappa shape index (κ1) is 11.3. The Labute approximate surface area is 97.1 Å². The summed E-state index contributed by atoms with van der Waals surface area (Å²) < 4.78 is 6.82. The van der Waals surface area contributed by atoms with Crippen LogP contribution in [0.25, 0.3) is 11.2 Å². The molecule has 0 atom stereocenters. The van der Waals surface area contributed by atoms with Crippen LogP contribution in [0.4, 0.5) is 0 Å². The van der Waals surface area contributed by atoms with Crippen molar-refractivity contribution in [2.45, 2.75) is 20.4 Å². The maximum Gasteiger partial charge on any atom is 0.360 e. The molecule has 0 saturated heterocycles. The molecule has 7 nitrogen and oxygen atoms in total. The number of ether oxygens (including phenoxy) is 1. The molecular formula is C10H12N4O3. The van der Waals surface area contributed by atoms with Gasteiger partial charge in [0.2, 0.25) is 11.6 Å². The second-order valence-corrected chi connectivity index (χ2v) is 3.28. The highest BCUT2D eigenvalue weighted by molar-refractivity contribution is 5.90. The predicted octanol–water partition coefficient (Wildman–Crippen LogP) is 0.943. The minimum absolute atomic E-state index is 0.0303. The van der Waals surface area contributed by atoms with E-state index >= 15 is 0 Å². The zero-order valence-corrected chi connectivity index (χ0v) is 9.54. The van der Waals surface area contributed by atoms with Crippen molar-refractivity contribution in [3.05, 3.63) is 11.9 Å². The van der Waals surface area contributed by atoms with Crippen LogP contribution in [0, 0.1) is 0 Å². The molecule has 0 fully saturated rings. The average Bonchev–Trinajstić information content (AvgIpc) is 2.70. The minimum atomic E-state index is -1.16. The Bertz CT molecular complexity index is 564. The predicted molar refractivity (Wildman–Crippen MR) is 59.1 cm³/mol. The summed E-state index contributed by atoms with van der Waals surface area (Å²) in [6.07, 6.45) is 1.49. The van der Waals surface area contributed by atoms with Gasteiger partial charge in [0.25, 0.3) is 0 Å². The number of aromatic carboxylic acids is 1. The Hall–Kier alpha value is -2.18. The SMILES string of the molecule is CCOc1nc2c(cnn2CC)nc1C(=O)O.